The molecule has 0 N–H and O–H groups in total. The summed E-state index contributed by atoms with van der Waals surface area (Å²) < 4.78 is 0. The summed E-state index contributed by atoms with van der Waals surface area (Å²) in [5.74, 6) is -0.0299. The summed E-state index contributed by atoms with van der Waals surface area (Å²) in [6.07, 6.45) is 3.41. The number of hydrogen-bond donors (Lipinski definition) is 0. The van der Waals surface area contributed by atoms with Crippen LogP contribution in [0.15, 0.2) is 91.0 Å². The first-order chi connectivity index (χ1) is 12.7. The predicted molar refractivity (Wildman–Crippen MR) is 108 cm³/mol. The van der Waals surface area contributed by atoms with Gasteiger partial charge < -0.3 is 4.90 Å². The number of carbonyl (C=O) groups excluding carboxylic acids is 1. The zero-order valence-electron chi connectivity index (χ0n) is 14.4. The van der Waals surface area contributed by atoms with Gasteiger partial charge in [0, 0.05) is 24.2 Å². The first-order valence-corrected chi connectivity index (χ1v) is 8.89. The number of benzene rings is 3. The molecule has 0 saturated carbocycles. The molecule has 0 heterocycles. The molecule has 0 aliphatic heterocycles. The lowest BCUT2D eigenvalue weighted by Gasteiger charge is -2.21. The molecule has 3 heteroatoms. The summed E-state index contributed by atoms with van der Waals surface area (Å²) in [7, 11) is 0. The number of rotatable bonds is 6. The molecule has 26 heavy (non-hydrogen) atoms. The maximum Gasteiger partial charge on any atom is 0.247 e. The Kier molecular flexibility index (Phi) is 6.24. The average molecular weight is 362 g/mol. The highest BCUT2D eigenvalue weighted by Gasteiger charge is 2.12. The third kappa shape index (κ3) is 5.33. The summed E-state index contributed by atoms with van der Waals surface area (Å²) in [4.78, 5) is 14.7. The van der Waals surface area contributed by atoms with Crippen molar-refractivity contribution in [3.8, 4) is 0 Å². The van der Waals surface area contributed by atoms with Crippen LogP contribution < -0.4 is 0 Å². The quantitative estimate of drug-likeness (QED) is 0.524. The van der Waals surface area contributed by atoms with Crippen LogP contribution in [0.5, 0.6) is 0 Å². The standard InChI is InChI=1S/C23H20ClNO/c24-22-13-7-12-19(16-22)14-15-23(26)25(17-20-8-3-1-4-9-20)18-21-10-5-2-6-11-21/h1-16H,17-18H2. The number of hydrogen-bond acceptors (Lipinski definition) is 1. The highest BCUT2D eigenvalue weighted by molar-refractivity contribution is 6.30. The average Bonchev–Trinajstić information content (AvgIpc) is 2.67. The molecule has 1 amide bonds. The van der Waals surface area contributed by atoms with Crippen LogP contribution in [0, 0.1) is 0 Å². The van der Waals surface area contributed by atoms with E-state index in [0.717, 1.165) is 16.7 Å². The maximum atomic E-state index is 12.8. The lowest BCUT2D eigenvalue weighted by molar-refractivity contribution is -0.127. The van der Waals surface area contributed by atoms with Crippen molar-refractivity contribution in [2.45, 2.75) is 13.1 Å². The van der Waals surface area contributed by atoms with Crippen LogP contribution in [0.2, 0.25) is 5.02 Å². The molecule has 0 unspecified atom stereocenters. The van der Waals surface area contributed by atoms with Crippen LogP contribution in [0.1, 0.15) is 16.7 Å². The van der Waals surface area contributed by atoms with Gasteiger partial charge in [0.05, 0.1) is 0 Å². The molecule has 0 aliphatic rings. The molecule has 0 radical (unpaired) electrons. The molecule has 130 valence electrons. The summed E-state index contributed by atoms with van der Waals surface area (Å²) in [6, 6.07) is 27.5. The third-order valence-electron chi connectivity index (χ3n) is 4.01. The van der Waals surface area contributed by atoms with Gasteiger partial charge in [0.1, 0.15) is 0 Å². The zero-order valence-corrected chi connectivity index (χ0v) is 15.1. The first kappa shape index (κ1) is 18.0. The Hall–Kier alpha value is -2.84. The summed E-state index contributed by atoms with van der Waals surface area (Å²) in [5, 5.41) is 0.657. The topological polar surface area (TPSA) is 20.3 Å². The third-order valence-corrected chi connectivity index (χ3v) is 4.25. The van der Waals surface area contributed by atoms with Crippen molar-refractivity contribution in [3.05, 3.63) is 113 Å². The van der Waals surface area contributed by atoms with Crippen LogP contribution in [-0.4, -0.2) is 10.8 Å². The molecule has 0 saturated heterocycles. The minimum Gasteiger partial charge on any atom is -0.331 e. The Bertz CT molecular complexity index is 833. The van der Waals surface area contributed by atoms with E-state index in [-0.39, 0.29) is 5.91 Å². The van der Waals surface area contributed by atoms with Crippen molar-refractivity contribution < 1.29 is 4.79 Å². The van der Waals surface area contributed by atoms with E-state index in [9.17, 15) is 4.79 Å². The van der Waals surface area contributed by atoms with Crippen molar-refractivity contribution in [1.82, 2.24) is 4.90 Å². The molecular weight excluding hydrogens is 342 g/mol. The molecule has 0 bridgehead atoms. The van der Waals surface area contributed by atoms with Gasteiger partial charge in [-0.05, 0) is 34.9 Å². The highest BCUT2D eigenvalue weighted by atomic mass is 35.5. The van der Waals surface area contributed by atoms with Crippen molar-refractivity contribution in [1.29, 1.82) is 0 Å². The van der Waals surface area contributed by atoms with E-state index in [1.807, 2.05) is 89.8 Å². The second-order valence-electron chi connectivity index (χ2n) is 6.05. The van der Waals surface area contributed by atoms with Crippen LogP contribution in [0.3, 0.4) is 0 Å². The van der Waals surface area contributed by atoms with Gasteiger partial charge in [0.2, 0.25) is 5.91 Å². The van der Waals surface area contributed by atoms with Crippen LogP contribution in [-0.2, 0) is 17.9 Å². The fourth-order valence-electron chi connectivity index (χ4n) is 2.70. The second kappa shape index (κ2) is 9.02. The van der Waals surface area contributed by atoms with Crippen LogP contribution >= 0.6 is 11.6 Å². The zero-order chi connectivity index (χ0) is 18.2. The van der Waals surface area contributed by atoms with E-state index in [4.69, 9.17) is 11.6 Å². The van der Waals surface area contributed by atoms with Gasteiger partial charge in [-0.25, -0.2) is 0 Å². The smallest absolute Gasteiger partial charge is 0.247 e. The largest absolute Gasteiger partial charge is 0.331 e. The van der Waals surface area contributed by atoms with Crippen molar-refractivity contribution >= 4 is 23.6 Å². The van der Waals surface area contributed by atoms with E-state index in [0.29, 0.717) is 18.1 Å². The van der Waals surface area contributed by atoms with Crippen molar-refractivity contribution in [3.63, 3.8) is 0 Å². The fourth-order valence-corrected chi connectivity index (χ4v) is 2.90. The van der Waals surface area contributed by atoms with Gasteiger partial charge in [-0.2, -0.15) is 0 Å². The number of halogens is 1. The van der Waals surface area contributed by atoms with Crippen molar-refractivity contribution in [2.75, 3.05) is 0 Å². The Balaban J connectivity index is 1.78. The van der Waals surface area contributed by atoms with Gasteiger partial charge in [-0.3, -0.25) is 4.79 Å². The minimum atomic E-state index is -0.0299. The van der Waals surface area contributed by atoms with E-state index in [2.05, 4.69) is 0 Å². The lowest BCUT2D eigenvalue weighted by Crippen LogP contribution is -2.28. The van der Waals surface area contributed by atoms with E-state index in [1.54, 1.807) is 12.2 Å². The van der Waals surface area contributed by atoms with Gasteiger partial charge in [-0.15, -0.1) is 0 Å². The molecule has 3 aromatic carbocycles. The summed E-state index contributed by atoms with van der Waals surface area (Å²) in [5.41, 5.74) is 3.12. The second-order valence-corrected chi connectivity index (χ2v) is 6.49. The van der Waals surface area contributed by atoms with Crippen molar-refractivity contribution in [2.24, 2.45) is 0 Å². The maximum absolute atomic E-state index is 12.8. The molecule has 2 nitrogen and oxygen atoms in total. The normalized spacial score (nSPS) is 10.8. The van der Waals surface area contributed by atoms with Crippen LogP contribution in [0.25, 0.3) is 6.08 Å². The lowest BCUT2D eigenvalue weighted by atomic mass is 10.1. The Labute approximate surface area is 159 Å². The molecule has 0 spiro atoms. The number of carbonyl (C=O) groups is 1. The summed E-state index contributed by atoms with van der Waals surface area (Å²) in [6.45, 7) is 1.13. The van der Waals surface area contributed by atoms with E-state index < -0.39 is 0 Å². The number of nitrogens with zero attached hydrogens (tertiary/aromatic N) is 1. The predicted octanol–water partition coefficient (Wildman–Crippen LogP) is 5.58. The van der Waals surface area contributed by atoms with Gasteiger partial charge in [-0.1, -0.05) is 84.4 Å². The van der Waals surface area contributed by atoms with Gasteiger partial charge >= 0.3 is 0 Å². The fraction of sp³-hybridized carbons (Fsp3) is 0.0870. The van der Waals surface area contributed by atoms with Gasteiger partial charge in [0.15, 0.2) is 0 Å². The van der Waals surface area contributed by atoms with Crippen LogP contribution in [0.4, 0.5) is 0 Å². The Morgan fingerprint density at radius 1 is 0.808 bits per heavy atom. The van der Waals surface area contributed by atoms with Gasteiger partial charge in [0.25, 0.3) is 0 Å². The molecule has 3 rings (SSSR count). The summed E-state index contributed by atoms with van der Waals surface area (Å²) >= 11 is 6.01. The highest BCUT2D eigenvalue weighted by Crippen LogP contribution is 2.14. The first-order valence-electron chi connectivity index (χ1n) is 8.51. The SMILES string of the molecule is O=C(C=Cc1cccc(Cl)c1)N(Cc1ccccc1)Cc1ccccc1. The molecule has 0 aliphatic carbocycles. The molecule has 3 aromatic rings. The molecule has 0 aromatic heterocycles. The Morgan fingerprint density at radius 2 is 1.38 bits per heavy atom. The number of amides is 1. The molecule has 0 fully saturated rings. The minimum absolute atomic E-state index is 0.0299. The van der Waals surface area contributed by atoms with E-state index >= 15 is 0 Å². The Morgan fingerprint density at radius 3 is 1.92 bits per heavy atom. The van der Waals surface area contributed by atoms with E-state index in [1.165, 1.54) is 0 Å². The molecule has 0 atom stereocenters. The molecular formula is C23H20ClNO. The monoisotopic (exact) mass is 361 g/mol.